The van der Waals surface area contributed by atoms with Gasteiger partial charge < -0.3 is 9.64 Å². The monoisotopic (exact) mass is 434 g/mol. The Morgan fingerprint density at radius 2 is 1.97 bits per heavy atom. The molecule has 0 spiro atoms. The molecule has 9 nitrogen and oxygen atoms in total. The molecule has 2 aromatic heterocycles. The van der Waals surface area contributed by atoms with Crippen LogP contribution in [0.2, 0.25) is 0 Å². The first-order valence-corrected chi connectivity index (χ1v) is 10.5. The summed E-state index contributed by atoms with van der Waals surface area (Å²) in [6, 6.07) is 5.54. The van der Waals surface area contributed by atoms with Crippen molar-refractivity contribution in [3.63, 3.8) is 0 Å². The van der Waals surface area contributed by atoms with E-state index in [-0.39, 0.29) is 18.1 Å². The minimum atomic E-state index is -0.424. The maximum absolute atomic E-state index is 12.8. The molecular formula is C23H26N6O3. The van der Waals surface area contributed by atoms with Gasteiger partial charge in [-0.25, -0.2) is 4.79 Å². The van der Waals surface area contributed by atoms with Gasteiger partial charge in [0, 0.05) is 37.6 Å². The van der Waals surface area contributed by atoms with Crippen LogP contribution in [0.1, 0.15) is 33.4 Å². The third-order valence-corrected chi connectivity index (χ3v) is 5.22. The Labute approximate surface area is 186 Å². The van der Waals surface area contributed by atoms with E-state index in [0.29, 0.717) is 24.5 Å². The first kappa shape index (κ1) is 21.5. The second-order valence-electron chi connectivity index (χ2n) is 8.11. The summed E-state index contributed by atoms with van der Waals surface area (Å²) in [6.07, 6.45) is 8.00. The average molecular weight is 435 g/mol. The number of carbonyl (C=O) groups is 2. The highest BCUT2D eigenvalue weighted by atomic mass is 16.6. The number of fused-ring (bicyclic) bond motifs is 1. The summed E-state index contributed by atoms with van der Waals surface area (Å²) < 4.78 is 7.25. The van der Waals surface area contributed by atoms with Crippen molar-refractivity contribution in [3.05, 3.63) is 54.9 Å². The van der Waals surface area contributed by atoms with Gasteiger partial charge in [-0.15, -0.1) is 0 Å². The lowest BCUT2D eigenvalue weighted by atomic mass is 10.0. The molecule has 0 fully saturated rings. The van der Waals surface area contributed by atoms with Crippen molar-refractivity contribution in [2.45, 2.75) is 46.4 Å². The number of nitrogens with zero attached hydrogens (tertiary/aromatic N) is 6. The summed E-state index contributed by atoms with van der Waals surface area (Å²) in [6.45, 7) is 7.94. The quantitative estimate of drug-likeness (QED) is 0.624. The van der Waals surface area contributed by atoms with Crippen LogP contribution in [0.15, 0.2) is 49.2 Å². The lowest BCUT2D eigenvalue weighted by molar-refractivity contribution is -0.117. The normalized spacial score (nSPS) is 15.6. The molecule has 4 rings (SSSR count). The van der Waals surface area contributed by atoms with Gasteiger partial charge in [-0.1, -0.05) is 6.07 Å². The summed E-state index contributed by atoms with van der Waals surface area (Å²) in [5.74, 6) is -0.0693. The molecule has 1 aliphatic heterocycles. The molecule has 0 saturated heterocycles. The van der Waals surface area contributed by atoms with E-state index < -0.39 is 6.09 Å². The van der Waals surface area contributed by atoms with Gasteiger partial charge in [0.05, 0.1) is 48.2 Å². The predicted octanol–water partition coefficient (Wildman–Crippen LogP) is 3.49. The highest BCUT2D eigenvalue weighted by molar-refractivity contribution is 6.03. The SMILES string of the molecule is CC(=O)N1c2ccc(-c3cnn(Cc4cnccn4)c3)cc2N(C(=O)OC(C)C)C[C@@H]1C. The molecule has 3 aromatic rings. The number of ether oxygens (including phenoxy) is 1. The second-order valence-corrected chi connectivity index (χ2v) is 8.11. The van der Waals surface area contributed by atoms with Crippen LogP contribution in [-0.4, -0.2) is 50.4 Å². The summed E-state index contributed by atoms with van der Waals surface area (Å²) in [5.41, 5.74) is 3.91. The van der Waals surface area contributed by atoms with Crippen molar-refractivity contribution < 1.29 is 14.3 Å². The van der Waals surface area contributed by atoms with Gasteiger partial charge in [0.15, 0.2) is 0 Å². The van der Waals surface area contributed by atoms with Gasteiger partial charge in [-0.2, -0.15) is 5.10 Å². The molecule has 9 heteroatoms. The second kappa shape index (κ2) is 8.78. The topological polar surface area (TPSA) is 93.5 Å². The molecule has 1 atom stereocenters. The van der Waals surface area contributed by atoms with Crippen LogP contribution in [-0.2, 0) is 16.1 Å². The Morgan fingerprint density at radius 1 is 1.16 bits per heavy atom. The van der Waals surface area contributed by atoms with Crippen molar-refractivity contribution in [2.24, 2.45) is 0 Å². The number of carbonyl (C=O) groups excluding carboxylic acids is 2. The van der Waals surface area contributed by atoms with E-state index in [1.54, 1.807) is 39.3 Å². The van der Waals surface area contributed by atoms with E-state index in [1.165, 1.54) is 6.92 Å². The van der Waals surface area contributed by atoms with E-state index in [4.69, 9.17) is 4.74 Å². The molecule has 32 heavy (non-hydrogen) atoms. The fourth-order valence-electron chi connectivity index (χ4n) is 3.90. The molecule has 1 aromatic carbocycles. The number of benzene rings is 1. The first-order valence-electron chi connectivity index (χ1n) is 10.5. The Hall–Kier alpha value is -3.75. The number of aromatic nitrogens is 4. The first-order chi connectivity index (χ1) is 15.3. The van der Waals surface area contributed by atoms with E-state index >= 15 is 0 Å². The molecule has 1 aliphatic rings. The summed E-state index contributed by atoms with van der Waals surface area (Å²) in [5, 5.41) is 4.43. The van der Waals surface area contributed by atoms with Crippen molar-refractivity contribution in [1.82, 2.24) is 19.7 Å². The maximum Gasteiger partial charge on any atom is 0.414 e. The van der Waals surface area contributed by atoms with E-state index in [0.717, 1.165) is 16.8 Å². The van der Waals surface area contributed by atoms with Crippen LogP contribution in [0.4, 0.5) is 16.2 Å². The van der Waals surface area contributed by atoms with Crippen LogP contribution in [0.5, 0.6) is 0 Å². The van der Waals surface area contributed by atoms with Crippen molar-refractivity contribution in [3.8, 4) is 11.1 Å². The van der Waals surface area contributed by atoms with Crippen molar-refractivity contribution in [1.29, 1.82) is 0 Å². The summed E-state index contributed by atoms with van der Waals surface area (Å²) in [4.78, 5) is 36.8. The third kappa shape index (κ3) is 4.32. The Bertz CT molecular complexity index is 1130. The fourth-order valence-corrected chi connectivity index (χ4v) is 3.90. The Kier molecular flexibility index (Phi) is 5.89. The van der Waals surface area contributed by atoms with Gasteiger partial charge in [-0.05, 0) is 38.5 Å². The smallest absolute Gasteiger partial charge is 0.414 e. The van der Waals surface area contributed by atoms with Crippen LogP contribution >= 0.6 is 0 Å². The van der Waals surface area contributed by atoms with E-state index in [1.807, 2.05) is 45.2 Å². The molecule has 0 unspecified atom stereocenters. The highest BCUT2D eigenvalue weighted by Gasteiger charge is 2.34. The van der Waals surface area contributed by atoms with Crippen LogP contribution < -0.4 is 9.80 Å². The minimum absolute atomic E-state index is 0.0693. The molecular weight excluding hydrogens is 408 g/mol. The van der Waals surface area contributed by atoms with Crippen molar-refractivity contribution in [2.75, 3.05) is 16.3 Å². The largest absolute Gasteiger partial charge is 0.446 e. The molecule has 0 aliphatic carbocycles. The lowest BCUT2D eigenvalue weighted by Gasteiger charge is -2.40. The number of hydrogen-bond acceptors (Lipinski definition) is 6. The molecule has 0 N–H and O–H groups in total. The number of amides is 2. The van der Waals surface area contributed by atoms with Crippen LogP contribution in [0.25, 0.3) is 11.1 Å². The Morgan fingerprint density at radius 3 is 2.66 bits per heavy atom. The molecule has 0 saturated carbocycles. The summed E-state index contributed by atoms with van der Waals surface area (Å²) >= 11 is 0. The van der Waals surface area contributed by atoms with Crippen molar-refractivity contribution >= 4 is 23.4 Å². The zero-order valence-corrected chi connectivity index (χ0v) is 18.6. The predicted molar refractivity (Wildman–Crippen MR) is 120 cm³/mol. The number of hydrogen-bond donors (Lipinski definition) is 0. The maximum atomic E-state index is 12.8. The molecule has 0 bridgehead atoms. The molecule has 0 radical (unpaired) electrons. The number of anilines is 2. The van der Waals surface area contributed by atoms with Gasteiger partial charge in [0.1, 0.15) is 0 Å². The fraction of sp³-hybridized carbons (Fsp3) is 0.348. The molecule has 3 heterocycles. The zero-order valence-electron chi connectivity index (χ0n) is 18.6. The van der Waals surface area contributed by atoms with E-state index in [9.17, 15) is 9.59 Å². The van der Waals surface area contributed by atoms with Gasteiger partial charge in [0.25, 0.3) is 0 Å². The summed E-state index contributed by atoms with van der Waals surface area (Å²) in [7, 11) is 0. The number of rotatable bonds is 4. The minimum Gasteiger partial charge on any atom is -0.446 e. The Balaban J connectivity index is 1.69. The average Bonchev–Trinajstić information content (AvgIpc) is 3.21. The van der Waals surface area contributed by atoms with Gasteiger partial charge in [-0.3, -0.25) is 24.3 Å². The van der Waals surface area contributed by atoms with Gasteiger partial charge >= 0.3 is 6.09 Å². The molecule has 2 amide bonds. The zero-order chi connectivity index (χ0) is 22.8. The lowest BCUT2D eigenvalue weighted by Crippen LogP contribution is -2.51. The third-order valence-electron chi connectivity index (χ3n) is 5.22. The highest BCUT2D eigenvalue weighted by Crippen LogP contribution is 2.39. The standard InChI is InChI=1S/C23H26N6O3/c1-15(2)32-23(31)28-12-16(3)29(17(4)30)21-6-5-18(9-22(21)28)19-10-26-27(13-19)14-20-11-24-7-8-25-20/h5-11,13,15-16H,12,14H2,1-4H3/t16-/m0/s1. The molecule has 166 valence electrons. The van der Waals surface area contributed by atoms with E-state index in [2.05, 4.69) is 15.1 Å². The van der Waals surface area contributed by atoms with Crippen LogP contribution in [0, 0.1) is 0 Å². The van der Waals surface area contributed by atoms with Crippen LogP contribution in [0.3, 0.4) is 0 Å². The van der Waals surface area contributed by atoms with Gasteiger partial charge in [0.2, 0.25) is 5.91 Å².